The standard InChI is InChI=1S/C12H17N3/c1-3-7-11-13-10(4-2)12(14-11)15-8-5-6-9-15/h5-6,8-9H,3-4,7H2,1-2H3,(H,13,14). The number of H-pyrrole nitrogens is 1. The van der Waals surface area contributed by atoms with Crippen LogP contribution in [0.1, 0.15) is 31.8 Å². The first-order valence-electron chi connectivity index (χ1n) is 5.56. The largest absolute Gasteiger partial charge is 0.344 e. The highest BCUT2D eigenvalue weighted by molar-refractivity contribution is 5.31. The third-order valence-electron chi connectivity index (χ3n) is 2.50. The van der Waals surface area contributed by atoms with E-state index in [1.54, 1.807) is 0 Å². The number of imidazole rings is 1. The lowest BCUT2D eigenvalue weighted by Crippen LogP contribution is -1.94. The number of nitrogens with zero attached hydrogens (tertiary/aromatic N) is 2. The zero-order chi connectivity index (χ0) is 10.7. The molecular formula is C12H17N3. The molecule has 0 spiro atoms. The normalized spacial score (nSPS) is 10.8. The van der Waals surface area contributed by atoms with Gasteiger partial charge < -0.3 is 9.55 Å². The Morgan fingerprint density at radius 1 is 1.27 bits per heavy atom. The maximum Gasteiger partial charge on any atom is 0.158 e. The van der Waals surface area contributed by atoms with Gasteiger partial charge in [-0.2, -0.15) is 0 Å². The second-order valence-corrected chi connectivity index (χ2v) is 3.68. The molecule has 15 heavy (non-hydrogen) atoms. The molecule has 80 valence electrons. The highest BCUT2D eigenvalue weighted by Crippen LogP contribution is 2.13. The summed E-state index contributed by atoms with van der Waals surface area (Å²) < 4.78 is 2.06. The van der Waals surface area contributed by atoms with Gasteiger partial charge in [0.05, 0.1) is 5.69 Å². The molecule has 0 atom stereocenters. The van der Waals surface area contributed by atoms with Gasteiger partial charge in [-0.3, -0.25) is 0 Å². The van der Waals surface area contributed by atoms with Crippen LogP contribution in [-0.2, 0) is 12.8 Å². The minimum Gasteiger partial charge on any atom is -0.344 e. The smallest absolute Gasteiger partial charge is 0.158 e. The Bertz CT molecular complexity index is 412. The Morgan fingerprint density at radius 3 is 2.60 bits per heavy atom. The highest BCUT2D eigenvalue weighted by Gasteiger charge is 2.08. The van der Waals surface area contributed by atoms with Crippen LogP contribution in [0.2, 0.25) is 0 Å². The van der Waals surface area contributed by atoms with E-state index in [2.05, 4.69) is 28.4 Å². The van der Waals surface area contributed by atoms with E-state index in [0.29, 0.717) is 0 Å². The van der Waals surface area contributed by atoms with Crippen molar-refractivity contribution in [2.24, 2.45) is 0 Å². The number of hydrogen-bond donors (Lipinski definition) is 1. The van der Waals surface area contributed by atoms with E-state index in [9.17, 15) is 0 Å². The molecule has 0 radical (unpaired) electrons. The monoisotopic (exact) mass is 203 g/mol. The van der Waals surface area contributed by atoms with Crippen LogP contribution in [0.15, 0.2) is 24.5 Å². The quantitative estimate of drug-likeness (QED) is 0.814. The molecule has 2 rings (SSSR count). The van der Waals surface area contributed by atoms with E-state index in [1.807, 2.05) is 24.5 Å². The molecule has 0 amide bonds. The lowest BCUT2D eigenvalue weighted by atomic mass is 10.3. The maximum absolute atomic E-state index is 4.62. The van der Waals surface area contributed by atoms with Crippen molar-refractivity contribution in [3.8, 4) is 5.82 Å². The highest BCUT2D eigenvalue weighted by atomic mass is 15.1. The summed E-state index contributed by atoms with van der Waals surface area (Å²) in [6, 6.07) is 4.04. The molecule has 0 aliphatic carbocycles. The van der Waals surface area contributed by atoms with Gasteiger partial charge in [-0.05, 0) is 25.0 Å². The minimum absolute atomic E-state index is 0.990. The van der Waals surface area contributed by atoms with Crippen molar-refractivity contribution in [1.82, 2.24) is 14.5 Å². The van der Waals surface area contributed by atoms with Gasteiger partial charge in [-0.25, -0.2) is 4.98 Å². The molecule has 0 saturated heterocycles. The summed E-state index contributed by atoms with van der Waals surface area (Å²) in [5.74, 6) is 2.14. The fourth-order valence-corrected chi connectivity index (χ4v) is 1.74. The molecule has 1 N–H and O–H groups in total. The van der Waals surface area contributed by atoms with Gasteiger partial charge in [0.2, 0.25) is 0 Å². The third kappa shape index (κ3) is 1.96. The SMILES string of the molecule is CCCc1nc(-n2cccc2)c(CC)[nH]1. The van der Waals surface area contributed by atoms with Crippen LogP contribution in [0, 0.1) is 0 Å². The summed E-state index contributed by atoms with van der Waals surface area (Å²) in [7, 11) is 0. The summed E-state index contributed by atoms with van der Waals surface area (Å²) in [5.41, 5.74) is 1.22. The van der Waals surface area contributed by atoms with Crippen molar-refractivity contribution in [2.75, 3.05) is 0 Å². The number of aromatic amines is 1. The van der Waals surface area contributed by atoms with Crippen molar-refractivity contribution in [1.29, 1.82) is 0 Å². The molecule has 0 aromatic carbocycles. The Labute approximate surface area is 90.2 Å². The maximum atomic E-state index is 4.62. The first-order valence-corrected chi connectivity index (χ1v) is 5.56. The van der Waals surface area contributed by atoms with Crippen LogP contribution >= 0.6 is 0 Å². The molecule has 3 nitrogen and oxygen atoms in total. The Hall–Kier alpha value is -1.51. The number of aryl methyl sites for hydroxylation is 2. The van der Waals surface area contributed by atoms with Gasteiger partial charge >= 0.3 is 0 Å². The molecule has 2 heterocycles. The Balaban J connectivity index is 2.37. The van der Waals surface area contributed by atoms with E-state index in [4.69, 9.17) is 0 Å². The van der Waals surface area contributed by atoms with Gasteiger partial charge in [0.25, 0.3) is 0 Å². The second-order valence-electron chi connectivity index (χ2n) is 3.68. The molecular weight excluding hydrogens is 186 g/mol. The van der Waals surface area contributed by atoms with Crippen LogP contribution in [0.4, 0.5) is 0 Å². The van der Waals surface area contributed by atoms with Gasteiger partial charge in [-0.1, -0.05) is 13.8 Å². The van der Waals surface area contributed by atoms with Crippen molar-refractivity contribution in [2.45, 2.75) is 33.1 Å². The summed E-state index contributed by atoms with van der Waals surface area (Å²) in [5, 5.41) is 0. The molecule has 2 aromatic rings. The number of hydrogen-bond acceptors (Lipinski definition) is 1. The topological polar surface area (TPSA) is 33.6 Å². The lowest BCUT2D eigenvalue weighted by molar-refractivity contribution is 0.847. The number of aromatic nitrogens is 3. The minimum atomic E-state index is 0.990. The summed E-state index contributed by atoms with van der Waals surface area (Å²) >= 11 is 0. The first kappa shape index (κ1) is 10.0. The van der Waals surface area contributed by atoms with Crippen molar-refractivity contribution < 1.29 is 0 Å². The number of rotatable bonds is 4. The van der Waals surface area contributed by atoms with Gasteiger partial charge in [0, 0.05) is 18.8 Å². The average molecular weight is 203 g/mol. The van der Waals surface area contributed by atoms with E-state index in [-0.39, 0.29) is 0 Å². The van der Waals surface area contributed by atoms with E-state index >= 15 is 0 Å². The summed E-state index contributed by atoms with van der Waals surface area (Å²) in [4.78, 5) is 8.01. The van der Waals surface area contributed by atoms with E-state index in [1.165, 1.54) is 5.69 Å². The molecule has 0 unspecified atom stereocenters. The zero-order valence-electron chi connectivity index (χ0n) is 9.33. The molecule has 2 aromatic heterocycles. The molecule has 0 aliphatic rings. The average Bonchev–Trinajstić information content (AvgIpc) is 2.84. The summed E-state index contributed by atoms with van der Waals surface area (Å²) in [6.07, 6.45) is 7.20. The fraction of sp³-hybridized carbons (Fsp3) is 0.417. The number of nitrogens with one attached hydrogen (secondary N) is 1. The van der Waals surface area contributed by atoms with Gasteiger partial charge in [0.1, 0.15) is 5.82 Å². The van der Waals surface area contributed by atoms with Crippen LogP contribution < -0.4 is 0 Å². The van der Waals surface area contributed by atoms with E-state index in [0.717, 1.165) is 30.9 Å². The summed E-state index contributed by atoms with van der Waals surface area (Å²) in [6.45, 7) is 4.32. The molecule has 3 heteroatoms. The third-order valence-corrected chi connectivity index (χ3v) is 2.50. The van der Waals surface area contributed by atoms with Gasteiger partial charge in [-0.15, -0.1) is 0 Å². The Morgan fingerprint density at radius 2 is 2.00 bits per heavy atom. The first-order chi connectivity index (χ1) is 7.35. The fourth-order valence-electron chi connectivity index (χ4n) is 1.74. The van der Waals surface area contributed by atoms with Gasteiger partial charge in [0.15, 0.2) is 5.82 Å². The lowest BCUT2D eigenvalue weighted by Gasteiger charge is -1.99. The zero-order valence-corrected chi connectivity index (χ0v) is 9.33. The predicted molar refractivity (Wildman–Crippen MR) is 61.3 cm³/mol. The van der Waals surface area contributed by atoms with Crippen LogP contribution in [-0.4, -0.2) is 14.5 Å². The predicted octanol–water partition coefficient (Wildman–Crippen LogP) is 2.72. The van der Waals surface area contributed by atoms with Crippen LogP contribution in [0.3, 0.4) is 0 Å². The Kier molecular flexibility index (Phi) is 2.90. The molecule has 0 fully saturated rings. The molecule has 0 saturated carbocycles. The van der Waals surface area contributed by atoms with Crippen molar-refractivity contribution >= 4 is 0 Å². The second kappa shape index (κ2) is 4.34. The van der Waals surface area contributed by atoms with Crippen LogP contribution in [0.25, 0.3) is 5.82 Å². The van der Waals surface area contributed by atoms with Crippen LogP contribution in [0.5, 0.6) is 0 Å². The molecule has 0 bridgehead atoms. The van der Waals surface area contributed by atoms with E-state index < -0.39 is 0 Å². The molecule has 0 aliphatic heterocycles. The van der Waals surface area contributed by atoms with Crippen molar-refractivity contribution in [3.63, 3.8) is 0 Å². The van der Waals surface area contributed by atoms with Crippen molar-refractivity contribution in [3.05, 3.63) is 36.0 Å².